The van der Waals surface area contributed by atoms with Crippen LogP contribution in [0, 0.1) is 3.57 Å². The first-order valence-electron chi connectivity index (χ1n) is 11.5. The summed E-state index contributed by atoms with van der Waals surface area (Å²) in [5.41, 5.74) is 2.18. The van der Waals surface area contributed by atoms with E-state index in [0.717, 1.165) is 14.9 Å². The van der Waals surface area contributed by atoms with Gasteiger partial charge in [0.25, 0.3) is 5.56 Å². The van der Waals surface area contributed by atoms with Gasteiger partial charge >= 0.3 is 5.97 Å². The fourth-order valence-corrected chi connectivity index (χ4v) is 5.88. The van der Waals surface area contributed by atoms with Crippen LogP contribution in [0.25, 0.3) is 6.08 Å². The Labute approximate surface area is 226 Å². The fourth-order valence-electron chi connectivity index (χ4n) is 4.08. The smallest absolute Gasteiger partial charge is 0.338 e. The zero-order valence-corrected chi connectivity index (χ0v) is 23.7. The maximum absolute atomic E-state index is 13.8. The van der Waals surface area contributed by atoms with Crippen LogP contribution in [-0.4, -0.2) is 30.4 Å². The summed E-state index contributed by atoms with van der Waals surface area (Å²) >= 11 is 3.49. The molecule has 0 unspecified atom stereocenters. The van der Waals surface area contributed by atoms with Crippen LogP contribution in [0.5, 0.6) is 11.5 Å². The van der Waals surface area contributed by atoms with Crippen molar-refractivity contribution in [3.8, 4) is 11.5 Å². The molecule has 0 radical (unpaired) electrons. The number of allylic oxidation sites excluding steroid dienone is 1. The Morgan fingerprint density at radius 3 is 2.64 bits per heavy atom. The Hall–Kier alpha value is -2.92. The van der Waals surface area contributed by atoms with Gasteiger partial charge in [-0.25, -0.2) is 9.79 Å². The number of aromatic nitrogens is 1. The predicted octanol–water partition coefficient (Wildman–Crippen LogP) is 4.20. The van der Waals surface area contributed by atoms with Gasteiger partial charge in [0.15, 0.2) is 4.80 Å². The highest BCUT2D eigenvalue weighted by Gasteiger charge is 2.35. The molecule has 2 heterocycles. The van der Waals surface area contributed by atoms with Crippen molar-refractivity contribution in [2.45, 2.75) is 39.8 Å². The van der Waals surface area contributed by atoms with Gasteiger partial charge in [0.05, 0.1) is 39.2 Å². The summed E-state index contributed by atoms with van der Waals surface area (Å²) in [6.45, 7) is 7.61. The predicted molar refractivity (Wildman–Crippen MR) is 148 cm³/mol. The number of esters is 1. The molecule has 2 aromatic carbocycles. The van der Waals surface area contributed by atoms with Crippen molar-refractivity contribution in [1.82, 2.24) is 4.57 Å². The van der Waals surface area contributed by atoms with Crippen molar-refractivity contribution in [2.75, 3.05) is 13.7 Å². The number of nitrogens with zero attached hydrogens (tertiary/aromatic N) is 2. The second-order valence-electron chi connectivity index (χ2n) is 8.40. The number of halogens is 1. The molecule has 0 fully saturated rings. The number of hydrogen-bond donors (Lipinski definition) is 0. The van der Waals surface area contributed by atoms with Gasteiger partial charge in [-0.05, 0) is 80.1 Å². The molecule has 0 N–H and O–H groups in total. The van der Waals surface area contributed by atoms with Crippen LogP contribution < -0.4 is 24.4 Å². The summed E-state index contributed by atoms with van der Waals surface area (Å²) in [5.74, 6) is 0.876. The molecule has 1 atom stereocenters. The minimum absolute atomic E-state index is 0.0874. The van der Waals surface area contributed by atoms with Crippen molar-refractivity contribution in [3.05, 3.63) is 88.1 Å². The van der Waals surface area contributed by atoms with Crippen molar-refractivity contribution in [3.63, 3.8) is 0 Å². The van der Waals surface area contributed by atoms with Crippen LogP contribution in [0.4, 0.5) is 0 Å². The molecule has 4 rings (SSSR count). The highest BCUT2D eigenvalue weighted by molar-refractivity contribution is 14.1. The molecule has 0 saturated carbocycles. The van der Waals surface area contributed by atoms with E-state index in [2.05, 4.69) is 27.6 Å². The third kappa shape index (κ3) is 5.12. The van der Waals surface area contributed by atoms with Crippen molar-refractivity contribution in [2.24, 2.45) is 4.99 Å². The largest absolute Gasteiger partial charge is 0.496 e. The molecule has 9 heteroatoms. The molecular formula is C27H27IN2O5S. The molecule has 0 amide bonds. The monoisotopic (exact) mass is 618 g/mol. The molecule has 0 saturated heterocycles. The quantitative estimate of drug-likeness (QED) is 0.293. The maximum Gasteiger partial charge on any atom is 0.338 e. The average Bonchev–Trinajstić information content (AvgIpc) is 3.13. The van der Waals surface area contributed by atoms with Crippen LogP contribution in [0.15, 0.2) is 63.5 Å². The van der Waals surface area contributed by atoms with Crippen molar-refractivity contribution in [1.29, 1.82) is 0 Å². The van der Waals surface area contributed by atoms with E-state index in [0.29, 0.717) is 31.9 Å². The number of carbonyl (C=O) groups is 1. The molecule has 36 heavy (non-hydrogen) atoms. The van der Waals surface area contributed by atoms with E-state index in [1.165, 1.54) is 11.3 Å². The van der Waals surface area contributed by atoms with E-state index in [1.807, 2.05) is 62.4 Å². The average molecular weight is 618 g/mol. The summed E-state index contributed by atoms with van der Waals surface area (Å²) in [7, 11) is 1.62. The van der Waals surface area contributed by atoms with Gasteiger partial charge in [-0.1, -0.05) is 35.6 Å². The molecule has 1 aliphatic heterocycles. The molecular weight excluding hydrogens is 591 g/mol. The third-order valence-corrected chi connectivity index (χ3v) is 7.39. The number of hydrogen-bond acceptors (Lipinski definition) is 7. The first-order valence-corrected chi connectivity index (χ1v) is 13.4. The summed E-state index contributed by atoms with van der Waals surface area (Å²) in [4.78, 5) is 32.1. The lowest BCUT2D eigenvalue weighted by molar-refractivity contribution is -0.139. The van der Waals surface area contributed by atoms with Crippen LogP contribution in [-0.2, 0) is 9.53 Å². The van der Waals surface area contributed by atoms with E-state index in [4.69, 9.17) is 14.2 Å². The molecule has 188 valence electrons. The number of ether oxygens (including phenoxy) is 3. The van der Waals surface area contributed by atoms with E-state index < -0.39 is 12.0 Å². The first-order chi connectivity index (χ1) is 17.2. The van der Waals surface area contributed by atoms with Crippen molar-refractivity contribution >= 4 is 46.0 Å². The molecule has 1 aliphatic rings. The first kappa shape index (κ1) is 26.2. The van der Waals surface area contributed by atoms with Gasteiger partial charge in [0.2, 0.25) is 0 Å². The lowest BCUT2D eigenvalue weighted by Gasteiger charge is -2.26. The highest BCUT2D eigenvalue weighted by atomic mass is 127. The number of methoxy groups -OCH3 is 1. The van der Waals surface area contributed by atoms with E-state index in [9.17, 15) is 9.59 Å². The standard InChI is InChI=1S/C27H27IN2O5S/c1-6-34-26(32)23-16(4)29-27-30(24(23)18-9-7-8-10-20(18)35-15(2)3)25(31)22(36-27)14-17-11-12-21(33-5)19(28)13-17/h7-15,24H,6H2,1-5H3/b22-14+/t24-/m0/s1. The minimum Gasteiger partial charge on any atom is -0.496 e. The van der Waals surface area contributed by atoms with E-state index >= 15 is 0 Å². The Balaban J connectivity index is 1.96. The van der Waals surface area contributed by atoms with Gasteiger partial charge in [0.1, 0.15) is 17.5 Å². The second kappa shape index (κ2) is 11.0. The minimum atomic E-state index is -0.728. The summed E-state index contributed by atoms with van der Waals surface area (Å²) in [6, 6.07) is 12.5. The van der Waals surface area contributed by atoms with Crippen LogP contribution in [0.2, 0.25) is 0 Å². The maximum atomic E-state index is 13.8. The topological polar surface area (TPSA) is 79.1 Å². The molecule has 1 aromatic heterocycles. The zero-order chi connectivity index (χ0) is 26.0. The van der Waals surface area contributed by atoms with Crippen LogP contribution in [0.3, 0.4) is 0 Å². The molecule has 7 nitrogen and oxygen atoms in total. The zero-order valence-electron chi connectivity index (χ0n) is 20.7. The molecule has 0 aliphatic carbocycles. The molecule has 3 aromatic rings. The summed E-state index contributed by atoms with van der Waals surface area (Å²) < 4.78 is 19.8. The number of benzene rings is 2. The lowest BCUT2D eigenvalue weighted by Crippen LogP contribution is -2.40. The van der Waals surface area contributed by atoms with Gasteiger partial charge in [0, 0.05) is 5.56 Å². The molecule has 0 spiro atoms. The van der Waals surface area contributed by atoms with Gasteiger partial charge in [-0.2, -0.15) is 0 Å². The van der Waals surface area contributed by atoms with Gasteiger partial charge in [-0.3, -0.25) is 9.36 Å². The SMILES string of the molecule is CCOC(=O)C1=C(C)N=c2s/c(=C/c3ccc(OC)c(I)c3)c(=O)n2[C@H]1c1ccccc1OC(C)C. The Morgan fingerprint density at radius 2 is 1.97 bits per heavy atom. The lowest BCUT2D eigenvalue weighted by atomic mass is 9.95. The highest BCUT2D eigenvalue weighted by Crippen LogP contribution is 2.36. The van der Waals surface area contributed by atoms with Crippen LogP contribution >= 0.6 is 33.9 Å². The van der Waals surface area contributed by atoms with Crippen molar-refractivity contribution < 1.29 is 19.0 Å². The van der Waals surface area contributed by atoms with E-state index in [1.54, 1.807) is 25.5 Å². The summed E-state index contributed by atoms with van der Waals surface area (Å²) in [6.07, 6.45) is 1.75. The Kier molecular flexibility index (Phi) is 7.99. The molecule has 0 bridgehead atoms. The normalized spacial score (nSPS) is 15.5. The van der Waals surface area contributed by atoms with Crippen LogP contribution in [0.1, 0.15) is 44.9 Å². The van der Waals surface area contributed by atoms with Gasteiger partial charge < -0.3 is 14.2 Å². The fraction of sp³-hybridized carbons (Fsp3) is 0.296. The summed E-state index contributed by atoms with van der Waals surface area (Å²) in [5, 5.41) is 0. The third-order valence-electron chi connectivity index (χ3n) is 5.57. The number of carbonyl (C=O) groups excluding carboxylic acids is 1. The van der Waals surface area contributed by atoms with E-state index in [-0.39, 0.29) is 18.3 Å². The number of fused-ring (bicyclic) bond motifs is 1. The number of rotatable bonds is 7. The Bertz CT molecular complexity index is 1520. The second-order valence-corrected chi connectivity index (χ2v) is 10.6. The number of para-hydroxylation sites is 1. The number of thiazole rings is 1. The van der Waals surface area contributed by atoms with Gasteiger partial charge in [-0.15, -0.1) is 0 Å². The Morgan fingerprint density at radius 1 is 1.22 bits per heavy atom.